The minimum Gasteiger partial charge on any atom is -0.480 e. The van der Waals surface area contributed by atoms with E-state index in [1.165, 1.54) is 11.8 Å². The SMILES string of the molecule is CSc1nc(C)c(CCC(=O)NC(CC(F)(F)F)C(=O)O)c(C)n1. The second kappa shape index (κ2) is 8.32. The lowest BCUT2D eigenvalue weighted by Gasteiger charge is -2.16. The molecule has 1 aromatic heterocycles. The van der Waals surface area contributed by atoms with Gasteiger partial charge in [0.05, 0.1) is 6.42 Å². The summed E-state index contributed by atoms with van der Waals surface area (Å²) in [6.45, 7) is 3.51. The van der Waals surface area contributed by atoms with Crippen molar-refractivity contribution in [3.05, 3.63) is 17.0 Å². The molecule has 1 atom stereocenters. The van der Waals surface area contributed by atoms with Gasteiger partial charge in [-0.3, -0.25) is 4.79 Å². The third kappa shape index (κ3) is 6.34. The van der Waals surface area contributed by atoms with Crippen LogP contribution < -0.4 is 5.32 Å². The van der Waals surface area contributed by atoms with Crippen molar-refractivity contribution in [1.29, 1.82) is 0 Å². The summed E-state index contributed by atoms with van der Waals surface area (Å²) in [6.07, 6.45) is -4.39. The van der Waals surface area contributed by atoms with Crippen LogP contribution in [0.25, 0.3) is 0 Å². The quantitative estimate of drug-likeness (QED) is 0.569. The maximum absolute atomic E-state index is 12.3. The Morgan fingerprint density at radius 2 is 1.79 bits per heavy atom. The van der Waals surface area contributed by atoms with E-state index in [0.29, 0.717) is 16.5 Å². The molecule has 1 amide bonds. The molecular formula is C14H18F3N3O3S. The van der Waals surface area contributed by atoms with Crippen molar-refractivity contribution in [1.82, 2.24) is 15.3 Å². The fourth-order valence-corrected chi connectivity index (χ4v) is 2.55. The number of aryl methyl sites for hydroxylation is 2. The lowest BCUT2D eigenvalue weighted by Crippen LogP contribution is -2.43. The molecule has 0 aliphatic rings. The zero-order valence-electron chi connectivity index (χ0n) is 13.4. The predicted molar refractivity (Wildman–Crippen MR) is 81.8 cm³/mol. The van der Waals surface area contributed by atoms with E-state index in [4.69, 9.17) is 5.11 Å². The van der Waals surface area contributed by atoms with Gasteiger partial charge in [0.1, 0.15) is 6.04 Å². The van der Waals surface area contributed by atoms with Crippen LogP contribution in [0, 0.1) is 13.8 Å². The van der Waals surface area contributed by atoms with Gasteiger partial charge in [-0.1, -0.05) is 11.8 Å². The Morgan fingerprint density at radius 1 is 1.25 bits per heavy atom. The topological polar surface area (TPSA) is 92.2 Å². The van der Waals surface area contributed by atoms with E-state index in [1.807, 2.05) is 11.6 Å². The number of carbonyl (C=O) groups excluding carboxylic acids is 1. The summed E-state index contributed by atoms with van der Waals surface area (Å²) in [5.74, 6) is -2.49. The van der Waals surface area contributed by atoms with E-state index in [9.17, 15) is 22.8 Å². The maximum atomic E-state index is 12.3. The molecule has 2 N–H and O–H groups in total. The van der Waals surface area contributed by atoms with Crippen LogP contribution in [0.1, 0.15) is 29.8 Å². The highest BCUT2D eigenvalue weighted by molar-refractivity contribution is 7.98. The van der Waals surface area contributed by atoms with Gasteiger partial charge in [-0.25, -0.2) is 14.8 Å². The number of thioether (sulfide) groups is 1. The molecule has 0 aliphatic heterocycles. The molecule has 1 rings (SSSR count). The Labute approximate surface area is 141 Å². The fourth-order valence-electron chi connectivity index (χ4n) is 2.10. The van der Waals surface area contributed by atoms with Gasteiger partial charge in [0.25, 0.3) is 0 Å². The average Bonchev–Trinajstić information content (AvgIpc) is 2.43. The van der Waals surface area contributed by atoms with Crippen LogP contribution in [0.4, 0.5) is 13.2 Å². The van der Waals surface area contributed by atoms with Crippen LogP contribution in [0.15, 0.2) is 5.16 Å². The molecule has 0 saturated heterocycles. The Balaban J connectivity index is 2.70. The van der Waals surface area contributed by atoms with Gasteiger partial charge in [0, 0.05) is 17.8 Å². The van der Waals surface area contributed by atoms with Gasteiger partial charge in [0.2, 0.25) is 5.91 Å². The third-order valence-corrected chi connectivity index (χ3v) is 3.80. The lowest BCUT2D eigenvalue weighted by molar-refractivity contribution is -0.160. The molecule has 10 heteroatoms. The Kier molecular flexibility index (Phi) is 7.00. The van der Waals surface area contributed by atoms with Gasteiger partial charge in [-0.15, -0.1) is 0 Å². The molecule has 0 aliphatic carbocycles. The number of rotatable bonds is 7. The molecule has 134 valence electrons. The third-order valence-electron chi connectivity index (χ3n) is 3.25. The first-order valence-electron chi connectivity index (χ1n) is 7.00. The van der Waals surface area contributed by atoms with Gasteiger partial charge < -0.3 is 10.4 Å². The summed E-state index contributed by atoms with van der Waals surface area (Å²) >= 11 is 1.37. The minimum atomic E-state index is -4.68. The van der Waals surface area contributed by atoms with Gasteiger partial charge in [-0.2, -0.15) is 13.2 Å². The summed E-state index contributed by atoms with van der Waals surface area (Å²) in [7, 11) is 0. The second-order valence-corrected chi connectivity index (χ2v) is 5.91. The highest BCUT2D eigenvalue weighted by Gasteiger charge is 2.36. The van der Waals surface area contributed by atoms with Crippen LogP contribution >= 0.6 is 11.8 Å². The first-order chi connectivity index (χ1) is 11.0. The normalized spacial score (nSPS) is 12.8. The summed E-state index contributed by atoms with van der Waals surface area (Å²) in [6, 6.07) is -1.99. The predicted octanol–water partition coefficient (Wildman–Crippen LogP) is 2.27. The molecule has 24 heavy (non-hydrogen) atoms. The van der Waals surface area contributed by atoms with Crippen LogP contribution in [0.5, 0.6) is 0 Å². The number of aliphatic carboxylic acids is 1. The fraction of sp³-hybridized carbons (Fsp3) is 0.571. The number of carboxylic acid groups (broad SMARTS) is 1. The number of carbonyl (C=O) groups is 2. The Bertz CT molecular complexity index is 600. The van der Waals surface area contributed by atoms with Crippen molar-refractivity contribution in [2.45, 2.75) is 50.5 Å². The highest BCUT2D eigenvalue weighted by atomic mass is 32.2. The van der Waals surface area contributed by atoms with E-state index in [0.717, 1.165) is 5.56 Å². The van der Waals surface area contributed by atoms with Crippen molar-refractivity contribution in [3.8, 4) is 0 Å². The monoisotopic (exact) mass is 365 g/mol. The summed E-state index contributed by atoms with van der Waals surface area (Å²) in [5, 5.41) is 11.3. The van der Waals surface area contributed by atoms with E-state index in [2.05, 4.69) is 9.97 Å². The molecule has 0 aromatic carbocycles. The lowest BCUT2D eigenvalue weighted by atomic mass is 10.1. The van der Waals surface area contributed by atoms with Crippen molar-refractivity contribution in [2.75, 3.05) is 6.26 Å². The first-order valence-corrected chi connectivity index (χ1v) is 8.23. The molecule has 1 aromatic rings. The van der Waals surface area contributed by atoms with Gasteiger partial charge >= 0.3 is 12.1 Å². The number of nitrogens with zero attached hydrogens (tertiary/aromatic N) is 2. The van der Waals surface area contributed by atoms with Crippen LogP contribution in [0.2, 0.25) is 0 Å². The summed E-state index contributed by atoms with van der Waals surface area (Å²) < 4.78 is 36.9. The highest BCUT2D eigenvalue weighted by Crippen LogP contribution is 2.22. The number of hydrogen-bond donors (Lipinski definition) is 2. The number of halogens is 3. The zero-order chi connectivity index (χ0) is 18.5. The second-order valence-electron chi connectivity index (χ2n) is 5.14. The number of aromatic nitrogens is 2. The van der Waals surface area contributed by atoms with Crippen LogP contribution in [-0.4, -0.2) is 45.4 Å². The summed E-state index contributed by atoms with van der Waals surface area (Å²) in [4.78, 5) is 31.1. The molecule has 1 unspecified atom stereocenters. The zero-order valence-corrected chi connectivity index (χ0v) is 14.2. The maximum Gasteiger partial charge on any atom is 0.391 e. The molecule has 0 saturated carbocycles. The molecular weight excluding hydrogens is 347 g/mol. The van der Waals surface area contributed by atoms with E-state index >= 15 is 0 Å². The number of amides is 1. The van der Waals surface area contributed by atoms with Crippen molar-refractivity contribution >= 4 is 23.6 Å². The van der Waals surface area contributed by atoms with Crippen LogP contribution in [-0.2, 0) is 16.0 Å². The molecule has 0 fully saturated rings. The molecule has 0 spiro atoms. The average molecular weight is 365 g/mol. The number of hydrogen-bond acceptors (Lipinski definition) is 5. The van der Waals surface area contributed by atoms with E-state index < -0.39 is 30.5 Å². The van der Waals surface area contributed by atoms with Crippen molar-refractivity contribution in [2.24, 2.45) is 0 Å². The van der Waals surface area contributed by atoms with Gasteiger partial charge in [0.15, 0.2) is 5.16 Å². The van der Waals surface area contributed by atoms with E-state index in [-0.39, 0.29) is 12.8 Å². The Morgan fingerprint density at radius 3 is 2.21 bits per heavy atom. The standard InChI is InChI=1S/C14H18F3N3O3S/c1-7-9(8(2)19-13(18-7)24-3)4-5-11(21)20-10(12(22)23)6-14(15,16)17/h10H,4-6H2,1-3H3,(H,20,21)(H,22,23). The molecule has 6 nitrogen and oxygen atoms in total. The molecule has 0 radical (unpaired) electrons. The van der Waals surface area contributed by atoms with Crippen molar-refractivity contribution in [3.63, 3.8) is 0 Å². The van der Waals surface area contributed by atoms with E-state index in [1.54, 1.807) is 13.8 Å². The van der Waals surface area contributed by atoms with Crippen molar-refractivity contribution < 1.29 is 27.9 Å². The first kappa shape index (κ1) is 20.2. The van der Waals surface area contributed by atoms with Gasteiger partial charge in [-0.05, 0) is 32.1 Å². The summed E-state index contributed by atoms with van der Waals surface area (Å²) in [5.41, 5.74) is 2.10. The minimum absolute atomic E-state index is 0.148. The van der Waals surface area contributed by atoms with Crippen LogP contribution in [0.3, 0.4) is 0 Å². The number of alkyl halides is 3. The molecule has 0 bridgehead atoms. The number of carboxylic acids is 1. The number of nitrogens with one attached hydrogen (secondary N) is 1. The Hall–Kier alpha value is -1.84. The largest absolute Gasteiger partial charge is 0.480 e. The molecule has 1 heterocycles. The smallest absolute Gasteiger partial charge is 0.391 e.